The molecule has 6 heteroatoms. The zero-order valence-electron chi connectivity index (χ0n) is 8.09. The first-order chi connectivity index (χ1) is 6.75. The Morgan fingerprint density at radius 3 is 2.00 bits per heavy atom. The Balaban J connectivity index is 0.000000423. The molecule has 0 aliphatic heterocycles. The Labute approximate surface area is 88.7 Å². The Hall–Kier alpha value is -1.17. The predicted molar refractivity (Wildman–Crippen MR) is 51.1 cm³/mol. The van der Waals surface area contributed by atoms with Gasteiger partial charge in [-0.1, -0.05) is 6.07 Å². The van der Waals surface area contributed by atoms with Gasteiger partial charge in [0.05, 0.1) is 4.88 Å². The lowest BCUT2D eigenvalue weighted by atomic mass is 10.3. The van der Waals surface area contributed by atoms with Crippen molar-refractivity contribution in [1.82, 2.24) is 0 Å². The van der Waals surface area contributed by atoms with Gasteiger partial charge in [0.1, 0.15) is 5.78 Å². The zero-order chi connectivity index (χ0) is 12.1. The third-order valence-electron chi connectivity index (χ3n) is 1.00. The highest BCUT2D eigenvalue weighted by atomic mass is 32.1. The van der Waals surface area contributed by atoms with Crippen molar-refractivity contribution in [1.29, 1.82) is 0 Å². The van der Waals surface area contributed by atoms with Crippen LogP contribution in [0.15, 0.2) is 17.5 Å². The highest BCUT2D eigenvalue weighted by Gasteiger charge is 2.39. The van der Waals surface area contributed by atoms with Gasteiger partial charge in [-0.15, -0.1) is 11.3 Å². The molecule has 0 aliphatic rings. The minimum atomic E-state index is -4.75. The van der Waals surface area contributed by atoms with Crippen LogP contribution in [0.4, 0.5) is 13.2 Å². The van der Waals surface area contributed by atoms with Gasteiger partial charge in [0.2, 0.25) is 0 Å². The molecule has 0 saturated carbocycles. The number of carbonyl (C=O) groups excluding carboxylic acids is 2. The molecule has 0 bridgehead atoms. The molecule has 1 aromatic rings. The van der Waals surface area contributed by atoms with E-state index in [2.05, 4.69) is 0 Å². The fourth-order valence-electron chi connectivity index (χ4n) is 0.547. The molecule has 15 heavy (non-hydrogen) atoms. The van der Waals surface area contributed by atoms with Crippen LogP contribution in [-0.2, 0) is 4.79 Å². The summed E-state index contributed by atoms with van der Waals surface area (Å²) in [6.07, 6.45) is -4.75. The molecule has 2 nitrogen and oxygen atoms in total. The van der Waals surface area contributed by atoms with E-state index in [1.807, 2.05) is 0 Å². The number of carbonyl (C=O) groups is 2. The van der Waals surface area contributed by atoms with Gasteiger partial charge < -0.3 is 4.79 Å². The number of hydrogen-bond donors (Lipinski definition) is 0. The molecule has 0 N–H and O–H groups in total. The van der Waals surface area contributed by atoms with Crippen LogP contribution in [0.3, 0.4) is 0 Å². The van der Waals surface area contributed by atoms with Crippen molar-refractivity contribution in [2.45, 2.75) is 20.0 Å². The third kappa shape index (κ3) is 6.01. The van der Waals surface area contributed by atoms with Crippen LogP contribution in [0, 0.1) is 0 Å². The second-order valence-corrected chi connectivity index (χ2v) is 3.66. The summed E-state index contributed by atoms with van der Waals surface area (Å²) in [7, 11) is 0. The first-order valence-corrected chi connectivity index (χ1v) is 4.75. The van der Waals surface area contributed by atoms with E-state index in [-0.39, 0.29) is 10.7 Å². The first kappa shape index (κ1) is 13.8. The summed E-state index contributed by atoms with van der Waals surface area (Å²) >= 11 is 0.788. The van der Waals surface area contributed by atoms with Gasteiger partial charge in [-0.05, 0) is 25.3 Å². The van der Waals surface area contributed by atoms with Crippen LogP contribution in [0.2, 0.25) is 0 Å². The smallest absolute Gasteiger partial charge is 0.300 e. The zero-order valence-corrected chi connectivity index (χ0v) is 8.91. The average molecular weight is 238 g/mol. The van der Waals surface area contributed by atoms with E-state index >= 15 is 0 Å². The van der Waals surface area contributed by atoms with E-state index < -0.39 is 12.0 Å². The van der Waals surface area contributed by atoms with Gasteiger partial charge in [0.25, 0.3) is 5.78 Å². The van der Waals surface area contributed by atoms with Crippen molar-refractivity contribution in [2.75, 3.05) is 0 Å². The van der Waals surface area contributed by atoms with Crippen LogP contribution in [-0.4, -0.2) is 17.7 Å². The van der Waals surface area contributed by atoms with Gasteiger partial charge in [-0.2, -0.15) is 13.2 Å². The average Bonchev–Trinajstić information content (AvgIpc) is 2.51. The highest BCUT2D eigenvalue weighted by Crippen LogP contribution is 2.23. The molecule has 0 fully saturated rings. The van der Waals surface area contributed by atoms with Gasteiger partial charge >= 0.3 is 6.18 Å². The number of thiophene rings is 1. The lowest BCUT2D eigenvalue weighted by molar-refractivity contribution is -0.115. The maximum atomic E-state index is 11.7. The highest BCUT2D eigenvalue weighted by molar-refractivity contribution is 7.12. The second kappa shape index (κ2) is 5.65. The molecule has 0 aromatic carbocycles. The van der Waals surface area contributed by atoms with Gasteiger partial charge in [-0.25, -0.2) is 0 Å². The van der Waals surface area contributed by atoms with E-state index in [0.29, 0.717) is 0 Å². The maximum absolute atomic E-state index is 11.7. The fourth-order valence-corrected chi connectivity index (χ4v) is 1.23. The predicted octanol–water partition coefficient (Wildman–Crippen LogP) is 3.09. The number of Topliss-reactive ketones (excluding diaryl/α,β-unsaturated/α-hetero) is 2. The second-order valence-electron chi connectivity index (χ2n) is 2.71. The number of hydrogen-bond acceptors (Lipinski definition) is 3. The van der Waals surface area contributed by atoms with E-state index in [4.69, 9.17) is 0 Å². The molecule has 84 valence electrons. The van der Waals surface area contributed by atoms with Crippen molar-refractivity contribution in [3.63, 3.8) is 0 Å². The van der Waals surface area contributed by atoms with E-state index in [0.717, 1.165) is 17.4 Å². The van der Waals surface area contributed by atoms with E-state index in [1.54, 1.807) is 0 Å². The first-order valence-electron chi connectivity index (χ1n) is 3.87. The molecule has 0 spiro atoms. The van der Waals surface area contributed by atoms with Gasteiger partial charge in [-0.3, -0.25) is 4.79 Å². The van der Waals surface area contributed by atoms with Crippen LogP contribution in [0.5, 0.6) is 0 Å². The molecule has 1 rings (SSSR count). The number of halogens is 3. The fraction of sp³-hybridized carbons (Fsp3) is 0.333. The Morgan fingerprint density at radius 1 is 1.27 bits per heavy atom. The van der Waals surface area contributed by atoms with Gasteiger partial charge in [0.15, 0.2) is 0 Å². The van der Waals surface area contributed by atoms with Crippen LogP contribution >= 0.6 is 11.3 Å². The monoisotopic (exact) mass is 238 g/mol. The van der Waals surface area contributed by atoms with Crippen LogP contribution in [0.1, 0.15) is 23.5 Å². The summed E-state index contributed by atoms with van der Waals surface area (Å²) in [5, 5.41) is 1.43. The quantitative estimate of drug-likeness (QED) is 0.704. The minimum Gasteiger partial charge on any atom is -0.300 e. The normalized spacial score (nSPS) is 10.2. The molecular formula is C9H9F3O2S. The summed E-state index contributed by atoms with van der Waals surface area (Å²) in [4.78, 5) is 19.6. The lowest BCUT2D eigenvalue weighted by Gasteiger charge is -2.00. The molecule has 0 saturated heterocycles. The molecule has 1 heterocycles. The van der Waals surface area contributed by atoms with Crippen LogP contribution < -0.4 is 0 Å². The maximum Gasteiger partial charge on any atom is 0.455 e. The van der Waals surface area contributed by atoms with Crippen LogP contribution in [0.25, 0.3) is 0 Å². The summed E-state index contributed by atoms with van der Waals surface area (Å²) in [6, 6.07) is 2.56. The van der Waals surface area contributed by atoms with Gasteiger partial charge in [0, 0.05) is 0 Å². The molecule has 0 amide bonds. The van der Waals surface area contributed by atoms with Crippen molar-refractivity contribution >= 4 is 22.9 Å². The molecule has 0 atom stereocenters. The SMILES string of the molecule is CC(C)=O.O=C(c1cccs1)C(F)(F)F. The number of rotatable bonds is 1. The molecule has 0 unspecified atom stereocenters. The van der Waals surface area contributed by atoms with Crippen molar-refractivity contribution in [2.24, 2.45) is 0 Å². The third-order valence-corrected chi connectivity index (χ3v) is 1.87. The standard InChI is InChI=1S/C6H3F3OS.C3H6O/c7-6(8,9)5(10)4-2-1-3-11-4;1-3(2)4/h1-3H;1-2H3. The summed E-state index contributed by atoms with van der Waals surface area (Å²) in [6.45, 7) is 3.06. The summed E-state index contributed by atoms with van der Waals surface area (Å²) < 4.78 is 35.0. The van der Waals surface area contributed by atoms with Crippen molar-refractivity contribution in [3.8, 4) is 0 Å². The molecule has 0 aliphatic carbocycles. The Morgan fingerprint density at radius 2 is 1.73 bits per heavy atom. The van der Waals surface area contributed by atoms with E-state index in [1.165, 1.54) is 25.3 Å². The van der Waals surface area contributed by atoms with E-state index in [9.17, 15) is 22.8 Å². The molecule has 1 aromatic heterocycles. The van der Waals surface area contributed by atoms with Crippen molar-refractivity contribution < 1.29 is 22.8 Å². The lowest BCUT2D eigenvalue weighted by Crippen LogP contribution is -2.21. The van der Waals surface area contributed by atoms with Crippen molar-refractivity contribution in [3.05, 3.63) is 22.4 Å². The Bertz CT molecular complexity index is 324. The minimum absolute atomic E-state index is 0.167. The Kier molecular flexibility index (Phi) is 5.21. The summed E-state index contributed by atoms with van der Waals surface area (Å²) in [5.74, 6) is -1.60. The molecule has 0 radical (unpaired) electrons. The number of alkyl halides is 3. The molecular weight excluding hydrogens is 229 g/mol. The largest absolute Gasteiger partial charge is 0.455 e. The number of ketones is 2. The topological polar surface area (TPSA) is 34.1 Å². The summed E-state index contributed by atoms with van der Waals surface area (Å²) in [5.41, 5.74) is 0.